The molecule has 0 aliphatic rings. The van der Waals surface area contributed by atoms with E-state index in [1.165, 1.54) is 11.8 Å². The SMILES string of the molecule is CNCSCC(=O)O.Cl. The fourth-order valence-corrected chi connectivity index (χ4v) is 0.721. The average Bonchev–Trinajstić information content (AvgIpc) is 1.66. The van der Waals surface area contributed by atoms with E-state index >= 15 is 0 Å². The van der Waals surface area contributed by atoms with Crippen molar-refractivity contribution in [2.75, 3.05) is 18.7 Å². The van der Waals surface area contributed by atoms with Crippen LogP contribution in [-0.4, -0.2) is 29.8 Å². The molecular formula is C4H10ClNO2S. The smallest absolute Gasteiger partial charge is 0.313 e. The second kappa shape index (κ2) is 8.07. The molecule has 0 aliphatic carbocycles. The number of nitrogens with one attached hydrogen (secondary N) is 1. The molecule has 0 fully saturated rings. The maximum atomic E-state index is 9.83. The summed E-state index contributed by atoms with van der Waals surface area (Å²) in [6.45, 7) is 0. The standard InChI is InChI=1S/C4H9NO2S.ClH/c1-5-3-8-2-4(6)7;/h5H,2-3H2,1H3,(H,6,7);1H. The van der Waals surface area contributed by atoms with E-state index in [-0.39, 0.29) is 18.2 Å². The van der Waals surface area contributed by atoms with Gasteiger partial charge in [0.25, 0.3) is 0 Å². The van der Waals surface area contributed by atoms with Crippen molar-refractivity contribution in [1.29, 1.82) is 0 Å². The van der Waals surface area contributed by atoms with Crippen molar-refractivity contribution in [2.45, 2.75) is 0 Å². The summed E-state index contributed by atoms with van der Waals surface area (Å²) in [6, 6.07) is 0. The molecule has 0 atom stereocenters. The normalized spacial score (nSPS) is 8.11. The predicted octanol–water partition coefficient (Wildman–Crippen LogP) is 0.403. The minimum Gasteiger partial charge on any atom is -0.481 e. The zero-order valence-corrected chi connectivity index (χ0v) is 6.72. The highest BCUT2D eigenvalue weighted by Crippen LogP contribution is 1.93. The van der Waals surface area contributed by atoms with Crippen LogP contribution in [-0.2, 0) is 4.79 Å². The predicted molar refractivity (Wildman–Crippen MR) is 41.3 cm³/mol. The van der Waals surface area contributed by atoms with Gasteiger partial charge in [-0.2, -0.15) is 0 Å². The quantitative estimate of drug-likeness (QED) is 0.475. The molecule has 0 aromatic rings. The maximum Gasteiger partial charge on any atom is 0.313 e. The number of hydrogen-bond acceptors (Lipinski definition) is 3. The van der Waals surface area contributed by atoms with Crippen LogP contribution in [0.4, 0.5) is 0 Å². The van der Waals surface area contributed by atoms with E-state index in [2.05, 4.69) is 5.32 Å². The first-order valence-corrected chi connectivity index (χ1v) is 3.37. The molecule has 0 bridgehead atoms. The van der Waals surface area contributed by atoms with Crippen molar-refractivity contribution in [1.82, 2.24) is 5.32 Å². The van der Waals surface area contributed by atoms with E-state index in [0.717, 1.165) is 0 Å². The van der Waals surface area contributed by atoms with Crippen LogP contribution in [0.5, 0.6) is 0 Å². The molecule has 2 N–H and O–H groups in total. The van der Waals surface area contributed by atoms with E-state index in [1.54, 1.807) is 7.05 Å². The largest absolute Gasteiger partial charge is 0.481 e. The van der Waals surface area contributed by atoms with Crippen LogP contribution < -0.4 is 5.32 Å². The van der Waals surface area contributed by atoms with Gasteiger partial charge in [0.15, 0.2) is 0 Å². The van der Waals surface area contributed by atoms with E-state index in [1.807, 2.05) is 0 Å². The molecule has 0 spiro atoms. The van der Waals surface area contributed by atoms with Crippen LogP contribution in [0, 0.1) is 0 Å². The minimum atomic E-state index is -0.759. The van der Waals surface area contributed by atoms with Gasteiger partial charge in [-0.15, -0.1) is 24.2 Å². The van der Waals surface area contributed by atoms with Crippen LogP contribution in [0.1, 0.15) is 0 Å². The van der Waals surface area contributed by atoms with Gasteiger partial charge in [-0.25, -0.2) is 0 Å². The van der Waals surface area contributed by atoms with Crippen molar-refractivity contribution in [3.05, 3.63) is 0 Å². The van der Waals surface area contributed by atoms with Gasteiger partial charge in [-0.3, -0.25) is 4.79 Å². The molecule has 9 heavy (non-hydrogen) atoms. The molecule has 5 heteroatoms. The number of rotatable bonds is 4. The number of carboxylic acid groups (broad SMARTS) is 1. The molecule has 0 saturated heterocycles. The maximum absolute atomic E-state index is 9.83. The second-order valence-corrected chi connectivity index (χ2v) is 2.23. The molecule has 0 radical (unpaired) electrons. The topological polar surface area (TPSA) is 49.3 Å². The number of thioether (sulfide) groups is 1. The summed E-state index contributed by atoms with van der Waals surface area (Å²) in [5.74, 6) is 0.123. The first-order valence-electron chi connectivity index (χ1n) is 2.21. The van der Waals surface area contributed by atoms with E-state index in [9.17, 15) is 4.79 Å². The first-order chi connectivity index (χ1) is 3.77. The molecule has 0 amide bonds. The Morgan fingerprint density at radius 3 is 2.67 bits per heavy atom. The summed E-state index contributed by atoms with van der Waals surface area (Å²) < 4.78 is 0. The number of aliphatic carboxylic acids is 1. The third-order valence-electron chi connectivity index (χ3n) is 0.472. The molecule has 0 saturated carbocycles. The fourth-order valence-electron chi connectivity index (χ4n) is 0.240. The number of carbonyl (C=O) groups is 1. The van der Waals surface area contributed by atoms with E-state index < -0.39 is 5.97 Å². The minimum absolute atomic E-state index is 0. The van der Waals surface area contributed by atoms with Crippen molar-refractivity contribution >= 4 is 30.1 Å². The monoisotopic (exact) mass is 171 g/mol. The zero-order chi connectivity index (χ0) is 6.41. The highest BCUT2D eigenvalue weighted by atomic mass is 35.5. The molecule has 0 aromatic carbocycles. The molecular weight excluding hydrogens is 162 g/mol. The third kappa shape index (κ3) is 11.6. The molecule has 3 nitrogen and oxygen atoms in total. The number of halogens is 1. The lowest BCUT2D eigenvalue weighted by atomic mass is 10.8. The third-order valence-corrected chi connectivity index (χ3v) is 1.42. The summed E-state index contributed by atoms with van der Waals surface area (Å²) >= 11 is 1.35. The van der Waals surface area contributed by atoms with Gasteiger partial charge >= 0.3 is 5.97 Å². The van der Waals surface area contributed by atoms with E-state index in [0.29, 0.717) is 5.88 Å². The molecule has 0 aliphatic heterocycles. The lowest BCUT2D eigenvalue weighted by Gasteiger charge is -1.92. The Hall–Kier alpha value is 0.0700. The molecule has 0 aromatic heterocycles. The van der Waals surface area contributed by atoms with Crippen LogP contribution in [0.3, 0.4) is 0 Å². The van der Waals surface area contributed by atoms with Gasteiger partial charge in [-0.1, -0.05) is 0 Å². The van der Waals surface area contributed by atoms with Crippen LogP contribution >= 0.6 is 24.2 Å². The Morgan fingerprint density at radius 2 is 2.33 bits per heavy atom. The summed E-state index contributed by atoms with van der Waals surface area (Å²) in [5, 5.41) is 10.9. The summed E-state index contributed by atoms with van der Waals surface area (Å²) in [5.41, 5.74) is 0. The van der Waals surface area contributed by atoms with Crippen LogP contribution in [0.25, 0.3) is 0 Å². The Kier molecular flexibility index (Phi) is 10.6. The second-order valence-electron chi connectivity index (χ2n) is 1.24. The number of carboxylic acids is 1. The highest BCUT2D eigenvalue weighted by Gasteiger charge is 1.92. The van der Waals surface area contributed by atoms with Gasteiger partial charge in [0.2, 0.25) is 0 Å². The first kappa shape index (κ1) is 11.8. The van der Waals surface area contributed by atoms with Crippen molar-refractivity contribution in [2.24, 2.45) is 0 Å². The molecule has 56 valence electrons. The Labute approximate surface area is 64.6 Å². The van der Waals surface area contributed by atoms with Gasteiger partial charge < -0.3 is 10.4 Å². The van der Waals surface area contributed by atoms with Crippen LogP contribution in [0.15, 0.2) is 0 Å². The van der Waals surface area contributed by atoms with Crippen LogP contribution in [0.2, 0.25) is 0 Å². The van der Waals surface area contributed by atoms with Gasteiger partial charge in [0.1, 0.15) is 0 Å². The lowest BCUT2D eigenvalue weighted by molar-refractivity contribution is -0.133. The Bertz CT molecular complexity index is 81.0. The highest BCUT2D eigenvalue weighted by molar-refractivity contribution is 7.99. The molecule has 0 rings (SSSR count). The Balaban J connectivity index is 0. The summed E-state index contributed by atoms with van der Waals surface area (Å²) in [7, 11) is 1.79. The van der Waals surface area contributed by atoms with Gasteiger partial charge in [0, 0.05) is 5.88 Å². The molecule has 0 heterocycles. The van der Waals surface area contributed by atoms with Gasteiger partial charge in [0.05, 0.1) is 5.75 Å². The summed E-state index contributed by atoms with van der Waals surface area (Å²) in [4.78, 5) is 9.83. The van der Waals surface area contributed by atoms with Gasteiger partial charge in [-0.05, 0) is 7.05 Å². The summed E-state index contributed by atoms with van der Waals surface area (Å²) in [6.07, 6.45) is 0. The zero-order valence-electron chi connectivity index (χ0n) is 5.09. The average molecular weight is 172 g/mol. The van der Waals surface area contributed by atoms with Crippen molar-refractivity contribution in [3.8, 4) is 0 Å². The fraction of sp³-hybridized carbons (Fsp3) is 0.750. The Morgan fingerprint density at radius 1 is 1.78 bits per heavy atom. The molecule has 0 unspecified atom stereocenters. The van der Waals surface area contributed by atoms with Crippen molar-refractivity contribution < 1.29 is 9.90 Å². The lowest BCUT2D eigenvalue weighted by Crippen LogP contribution is -2.07. The van der Waals surface area contributed by atoms with E-state index in [4.69, 9.17) is 5.11 Å². The number of hydrogen-bond donors (Lipinski definition) is 2. The van der Waals surface area contributed by atoms with Crippen molar-refractivity contribution in [3.63, 3.8) is 0 Å².